The monoisotopic (exact) mass is 380 g/mol. The van der Waals surface area contributed by atoms with Crippen molar-refractivity contribution in [3.8, 4) is 11.5 Å². The molecule has 0 radical (unpaired) electrons. The highest BCUT2D eigenvalue weighted by molar-refractivity contribution is 7.91. The molecule has 1 heterocycles. The van der Waals surface area contributed by atoms with E-state index in [9.17, 15) is 13.2 Å². The van der Waals surface area contributed by atoms with Gasteiger partial charge >= 0.3 is 0 Å². The lowest BCUT2D eigenvalue weighted by Crippen LogP contribution is -2.16. The van der Waals surface area contributed by atoms with Gasteiger partial charge in [-0.2, -0.15) is 0 Å². The molecule has 27 heavy (non-hydrogen) atoms. The fourth-order valence-electron chi connectivity index (χ4n) is 2.84. The van der Waals surface area contributed by atoms with E-state index >= 15 is 0 Å². The maximum absolute atomic E-state index is 12.5. The van der Waals surface area contributed by atoms with Crippen molar-refractivity contribution in [1.29, 1.82) is 0 Å². The summed E-state index contributed by atoms with van der Waals surface area (Å²) in [6.45, 7) is 0. The Hall–Kier alpha value is -3.32. The molecule has 3 aromatic rings. The second-order valence-corrected chi connectivity index (χ2v) is 7.83. The Kier molecular flexibility index (Phi) is 4.29. The van der Waals surface area contributed by atoms with E-state index in [-0.39, 0.29) is 17.2 Å². The lowest BCUT2D eigenvalue weighted by Gasteiger charge is -2.11. The number of hydrogen-bond donors (Lipinski definition) is 2. The first-order valence-electron chi connectivity index (χ1n) is 8.27. The topological polar surface area (TPSA) is 84.5 Å². The van der Waals surface area contributed by atoms with Crippen molar-refractivity contribution in [2.24, 2.45) is 0 Å². The predicted molar refractivity (Wildman–Crippen MR) is 104 cm³/mol. The van der Waals surface area contributed by atoms with Gasteiger partial charge in [0.05, 0.1) is 17.0 Å². The van der Waals surface area contributed by atoms with Crippen molar-refractivity contribution in [1.82, 2.24) is 0 Å². The lowest BCUT2D eigenvalue weighted by atomic mass is 10.1. The highest BCUT2D eigenvalue weighted by Gasteiger charge is 2.22. The van der Waals surface area contributed by atoms with Gasteiger partial charge in [0, 0.05) is 5.69 Å². The third-order valence-electron chi connectivity index (χ3n) is 4.05. The zero-order chi connectivity index (χ0) is 18.9. The van der Waals surface area contributed by atoms with Crippen LogP contribution in [0.25, 0.3) is 0 Å². The van der Waals surface area contributed by atoms with Crippen LogP contribution in [0.1, 0.15) is 15.9 Å². The normalized spacial score (nSPS) is 12.8. The standard InChI is InChI=1S/C20H16N2O4S/c23-20-16-12-15(22-27(24,25)13-14-6-2-1-3-7-14)10-11-18(16)26-19-9-5-4-8-17(19)21-20/h1-12,22H,13H2,(H,21,23). The number of benzene rings is 3. The van der Waals surface area contributed by atoms with E-state index in [1.807, 2.05) is 12.1 Å². The minimum absolute atomic E-state index is 0.154. The number of ether oxygens (including phenoxy) is 1. The number of sulfonamides is 1. The van der Waals surface area contributed by atoms with Crippen molar-refractivity contribution >= 4 is 27.3 Å². The average Bonchev–Trinajstić information content (AvgIpc) is 2.78. The first-order chi connectivity index (χ1) is 13.0. The van der Waals surface area contributed by atoms with Crippen LogP contribution in [-0.4, -0.2) is 14.3 Å². The summed E-state index contributed by atoms with van der Waals surface area (Å²) in [7, 11) is -3.62. The van der Waals surface area contributed by atoms with Crippen LogP contribution in [0.4, 0.5) is 11.4 Å². The summed E-state index contributed by atoms with van der Waals surface area (Å²) < 4.78 is 33.2. The number of para-hydroxylation sites is 2. The summed E-state index contributed by atoms with van der Waals surface area (Å²) in [6, 6.07) is 20.6. The molecule has 6 nitrogen and oxygen atoms in total. The molecule has 3 aromatic carbocycles. The van der Waals surface area contributed by atoms with E-state index in [1.54, 1.807) is 54.6 Å². The number of rotatable bonds is 4. The van der Waals surface area contributed by atoms with E-state index < -0.39 is 10.0 Å². The van der Waals surface area contributed by atoms with Crippen molar-refractivity contribution < 1.29 is 17.9 Å². The molecule has 0 aromatic heterocycles. The largest absolute Gasteiger partial charge is 0.454 e. The van der Waals surface area contributed by atoms with Crippen molar-refractivity contribution in [2.45, 2.75) is 5.75 Å². The maximum Gasteiger partial charge on any atom is 0.259 e. The Balaban J connectivity index is 1.60. The molecule has 1 amide bonds. The van der Waals surface area contributed by atoms with Crippen LogP contribution in [0.5, 0.6) is 11.5 Å². The molecule has 1 aliphatic heterocycles. The van der Waals surface area contributed by atoms with E-state index in [0.29, 0.717) is 28.4 Å². The molecule has 0 aliphatic carbocycles. The zero-order valence-electron chi connectivity index (χ0n) is 14.2. The first-order valence-corrected chi connectivity index (χ1v) is 9.92. The second-order valence-electron chi connectivity index (χ2n) is 6.11. The number of hydrogen-bond acceptors (Lipinski definition) is 4. The average molecular weight is 380 g/mol. The van der Waals surface area contributed by atoms with E-state index in [4.69, 9.17) is 4.74 Å². The third-order valence-corrected chi connectivity index (χ3v) is 5.31. The van der Waals surface area contributed by atoms with Crippen LogP contribution < -0.4 is 14.8 Å². The summed E-state index contributed by atoms with van der Waals surface area (Å²) in [5.74, 6) is 0.378. The van der Waals surface area contributed by atoms with Gasteiger partial charge in [-0.3, -0.25) is 9.52 Å². The number of nitrogens with one attached hydrogen (secondary N) is 2. The summed E-state index contributed by atoms with van der Waals surface area (Å²) in [6.07, 6.45) is 0. The molecule has 0 fully saturated rings. The number of anilines is 2. The predicted octanol–water partition coefficient (Wildman–Crippen LogP) is 3.99. The smallest absolute Gasteiger partial charge is 0.259 e. The van der Waals surface area contributed by atoms with E-state index in [0.717, 1.165) is 0 Å². The van der Waals surface area contributed by atoms with Crippen LogP contribution >= 0.6 is 0 Å². The molecular weight excluding hydrogens is 364 g/mol. The minimum atomic E-state index is -3.62. The number of carbonyl (C=O) groups excluding carboxylic acids is 1. The van der Waals surface area contributed by atoms with Crippen molar-refractivity contribution in [3.05, 3.63) is 83.9 Å². The Morgan fingerprint density at radius 1 is 0.889 bits per heavy atom. The summed E-state index contributed by atoms with van der Waals surface area (Å²) in [4.78, 5) is 12.5. The van der Waals surface area contributed by atoms with Gasteiger partial charge in [0.2, 0.25) is 10.0 Å². The van der Waals surface area contributed by atoms with Crippen LogP contribution in [0.2, 0.25) is 0 Å². The number of amides is 1. The molecule has 0 unspecified atom stereocenters. The van der Waals surface area contributed by atoms with Gasteiger partial charge in [-0.25, -0.2) is 8.42 Å². The fraction of sp³-hybridized carbons (Fsp3) is 0.0500. The quantitative estimate of drug-likeness (QED) is 0.717. The van der Waals surface area contributed by atoms with Gasteiger partial charge in [0.1, 0.15) is 5.75 Å². The lowest BCUT2D eigenvalue weighted by molar-refractivity contribution is 0.102. The zero-order valence-corrected chi connectivity index (χ0v) is 15.0. The Morgan fingerprint density at radius 3 is 2.44 bits per heavy atom. The van der Waals surface area contributed by atoms with Gasteiger partial charge in [-0.05, 0) is 35.9 Å². The summed E-state index contributed by atoms with van der Waals surface area (Å²) in [5, 5.41) is 2.77. The summed E-state index contributed by atoms with van der Waals surface area (Å²) >= 11 is 0. The summed E-state index contributed by atoms with van der Waals surface area (Å²) in [5.41, 5.74) is 1.79. The first kappa shape index (κ1) is 17.1. The van der Waals surface area contributed by atoms with Gasteiger partial charge < -0.3 is 10.1 Å². The second kappa shape index (κ2) is 6.77. The Labute approximate surface area is 156 Å². The van der Waals surface area contributed by atoms with Gasteiger partial charge in [-0.1, -0.05) is 42.5 Å². The maximum atomic E-state index is 12.5. The highest BCUT2D eigenvalue weighted by Crippen LogP contribution is 2.36. The minimum Gasteiger partial charge on any atom is -0.454 e. The Morgan fingerprint density at radius 2 is 1.63 bits per heavy atom. The van der Waals surface area contributed by atoms with Crippen LogP contribution in [0, 0.1) is 0 Å². The van der Waals surface area contributed by atoms with Crippen molar-refractivity contribution in [2.75, 3.05) is 10.0 Å². The third kappa shape index (κ3) is 3.78. The molecule has 0 saturated carbocycles. The molecule has 7 heteroatoms. The van der Waals surface area contributed by atoms with Gasteiger partial charge in [-0.15, -0.1) is 0 Å². The van der Waals surface area contributed by atoms with Crippen LogP contribution in [0.3, 0.4) is 0 Å². The van der Waals surface area contributed by atoms with Gasteiger partial charge in [0.15, 0.2) is 5.75 Å². The SMILES string of the molecule is O=C1Nc2ccccc2Oc2ccc(NS(=O)(=O)Cc3ccccc3)cc21. The highest BCUT2D eigenvalue weighted by atomic mass is 32.2. The number of carbonyl (C=O) groups is 1. The molecule has 0 spiro atoms. The molecule has 136 valence electrons. The Bertz CT molecular complexity index is 1110. The molecule has 0 saturated heterocycles. The molecular formula is C20H16N2O4S. The van der Waals surface area contributed by atoms with Crippen LogP contribution in [-0.2, 0) is 15.8 Å². The van der Waals surface area contributed by atoms with Crippen molar-refractivity contribution in [3.63, 3.8) is 0 Å². The van der Waals surface area contributed by atoms with Crippen LogP contribution in [0.15, 0.2) is 72.8 Å². The molecule has 4 rings (SSSR count). The molecule has 0 atom stereocenters. The number of fused-ring (bicyclic) bond motifs is 2. The molecule has 0 bridgehead atoms. The molecule has 2 N–H and O–H groups in total. The van der Waals surface area contributed by atoms with E-state index in [2.05, 4.69) is 10.0 Å². The van der Waals surface area contributed by atoms with E-state index in [1.165, 1.54) is 6.07 Å². The molecule has 1 aliphatic rings. The van der Waals surface area contributed by atoms with Gasteiger partial charge in [0.25, 0.3) is 5.91 Å². The fourth-order valence-corrected chi connectivity index (χ4v) is 4.03.